The summed E-state index contributed by atoms with van der Waals surface area (Å²) in [7, 11) is 0. The Kier molecular flexibility index (Phi) is 8.74. The van der Waals surface area contributed by atoms with E-state index in [-0.39, 0.29) is 25.3 Å². The molecule has 0 saturated carbocycles. The Morgan fingerprint density at radius 1 is 1.24 bits per heavy atom. The van der Waals surface area contributed by atoms with Gasteiger partial charge in [0.2, 0.25) is 0 Å². The van der Waals surface area contributed by atoms with Crippen molar-refractivity contribution in [1.82, 2.24) is 29.9 Å². The number of hydrogen-bond acceptors (Lipinski definition) is 11. The first-order valence-corrected chi connectivity index (χ1v) is 12.2. The number of amides is 1. The van der Waals surface area contributed by atoms with Gasteiger partial charge >= 0.3 is 17.8 Å². The van der Waals surface area contributed by atoms with E-state index in [1.807, 2.05) is 0 Å². The van der Waals surface area contributed by atoms with Crippen LogP contribution >= 0.6 is 0 Å². The fourth-order valence-corrected chi connectivity index (χ4v) is 4.01. The minimum atomic E-state index is -2.17. The fraction of sp³-hybridized carbons (Fsp3) is 0.652. The lowest BCUT2D eigenvalue weighted by Gasteiger charge is -2.31. The maximum atomic E-state index is 13.1. The summed E-state index contributed by atoms with van der Waals surface area (Å²) in [6.07, 6.45) is 0.329. The second kappa shape index (κ2) is 11.4. The minimum Gasteiger partial charge on any atom is -0.462 e. The molecule has 0 bridgehead atoms. The van der Waals surface area contributed by atoms with Gasteiger partial charge in [-0.05, 0) is 41.5 Å². The lowest BCUT2D eigenvalue weighted by Crippen LogP contribution is -2.56. The summed E-state index contributed by atoms with van der Waals surface area (Å²) in [5.74, 6) is -0.936. The summed E-state index contributed by atoms with van der Waals surface area (Å²) in [6.45, 7) is 9.33. The first kappa shape index (κ1) is 29.0. The number of aliphatic hydroxyl groups is 1. The quantitative estimate of drug-likeness (QED) is 0.293. The van der Waals surface area contributed by atoms with Gasteiger partial charge in [-0.2, -0.15) is 0 Å². The number of hydrogen-bond donors (Lipinski definition) is 3. The lowest BCUT2D eigenvalue weighted by molar-refractivity contribution is -0.179. The normalized spacial score (nSPS) is 21.1. The van der Waals surface area contributed by atoms with Crippen LogP contribution in [0.3, 0.4) is 0 Å². The number of nitrogens with one attached hydrogen (secondary N) is 2. The van der Waals surface area contributed by atoms with Gasteiger partial charge in [0.05, 0.1) is 25.5 Å². The predicted octanol–water partition coefficient (Wildman–Crippen LogP) is 0.235. The molecular formula is C23H34N6O9. The molecule has 1 aliphatic rings. The number of rotatable bonds is 9. The molecule has 0 aliphatic carbocycles. The van der Waals surface area contributed by atoms with Crippen molar-refractivity contribution < 1.29 is 33.6 Å². The first-order chi connectivity index (χ1) is 17.8. The Morgan fingerprint density at radius 3 is 2.55 bits per heavy atom. The molecule has 210 valence electrons. The van der Waals surface area contributed by atoms with Crippen molar-refractivity contribution in [1.29, 1.82) is 0 Å². The van der Waals surface area contributed by atoms with Crippen molar-refractivity contribution in [2.75, 3.05) is 19.8 Å². The van der Waals surface area contributed by atoms with Gasteiger partial charge in [-0.1, -0.05) is 5.21 Å². The van der Waals surface area contributed by atoms with E-state index in [0.29, 0.717) is 5.56 Å². The highest BCUT2D eigenvalue weighted by Gasteiger charge is 2.49. The van der Waals surface area contributed by atoms with Crippen LogP contribution in [0.1, 0.15) is 64.6 Å². The van der Waals surface area contributed by atoms with Gasteiger partial charge in [0, 0.05) is 24.8 Å². The molecule has 3 heterocycles. The van der Waals surface area contributed by atoms with Crippen LogP contribution < -0.4 is 16.6 Å². The van der Waals surface area contributed by atoms with Crippen LogP contribution in [-0.4, -0.2) is 73.2 Å². The zero-order chi connectivity index (χ0) is 28.3. The zero-order valence-corrected chi connectivity index (χ0v) is 22.2. The van der Waals surface area contributed by atoms with Crippen molar-refractivity contribution in [2.45, 2.75) is 77.7 Å². The summed E-state index contributed by atoms with van der Waals surface area (Å²) in [5, 5.41) is 20.6. The number of nitrogens with zero attached hydrogens (tertiary/aromatic N) is 4. The van der Waals surface area contributed by atoms with E-state index in [4.69, 9.17) is 18.9 Å². The average Bonchev–Trinajstić information content (AvgIpc) is 3.47. The van der Waals surface area contributed by atoms with E-state index >= 15 is 0 Å². The summed E-state index contributed by atoms with van der Waals surface area (Å²) in [6, 6.07) is -0.631. The monoisotopic (exact) mass is 538 g/mol. The average molecular weight is 539 g/mol. The third-order valence-corrected chi connectivity index (χ3v) is 5.65. The summed E-state index contributed by atoms with van der Waals surface area (Å²) < 4.78 is 24.7. The van der Waals surface area contributed by atoms with Crippen molar-refractivity contribution in [3.63, 3.8) is 0 Å². The Morgan fingerprint density at radius 2 is 1.95 bits per heavy atom. The molecule has 2 aromatic heterocycles. The van der Waals surface area contributed by atoms with Crippen LogP contribution in [0, 0.1) is 6.92 Å². The van der Waals surface area contributed by atoms with Crippen LogP contribution in [0.5, 0.6) is 0 Å². The van der Waals surface area contributed by atoms with Crippen molar-refractivity contribution in [3.8, 4) is 0 Å². The van der Waals surface area contributed by atoms with Gasteiger partial charge in [0.1, 0.15) is 23.6 Å². The van der Waals surface area contributed by atoms with Crippen LogP contribution in [0.4, 0.5) is 4.79 Å². The number of carbonyl (C=O) groups is 2. The van der Waals surface area contributed by atoms with Gasteiger partial charge < -0.3 is 24.1 Å². The lowest BCUT2D eigenvalue weighted by atomic mass is 10.1. The molecule has 1 fully saturated rings. The summed E-state index contributed by atoms with van der Waals surface area (Å²) >= 11 is 0. The Balaban J connectivity index is 1.98. The van der Waals surface area contributed by atoms with Crippen LogP contribution in [0.25, 0.3) is 0 Å². The Labute approximate surface area is 218 Å². The molecule has 0 spiro atoms. The molecule has 15 heteroatoms. The minimum absolute atomic E-state index is 0.00411. The molecule has 1 saturated heterocycles. The molecule has 2 aromatic rings. The summed E-state index contributed by atoms with van der Waals surface area (Å²) in [4.78, 5) is 52.2. The van der Waals surface area contributed by atoms with Gasteiger partial charge in [-0.25, -0.2) is 19.1 Å². The van der Waals surface area contributed by atoms with E-state index in [1.165, 1.54) is 21.6 Å². The highest BCUT2D eigenvalue weighted by Crippen LogP contribution is 2.36. The number of H-pyrrole nitrogens is 1. The standard InChI is InChI=1S/C23H34N6O9/c1-7-35-19(32)23(36-8-2,25-21(34)38-22(4,5)6)16-11-29(27-26-16)14-9-17(37-15(14)12-30)28-10-13(3)18(31)24-20(28)33/h10-11,14-15,17,30H,7-9,12H2,1-6H3,(H,25,34)(H,24,31,33)/t14-,15+,17+,23?/m0/s1. The second-order valence-electron chi connectivity index (χ2n) is 9.64. The smallest absolute Gasteiger partial charge is 0.410 e. The molecule has 0 aromatic carbocycles. The molecule has 15 nitrogen and oxygen atoms in total. The fourth-order valence-electron chi connectivity index (χ4n) is 4.01. The molecule has 1 unspecified atom stereocenters. The van der Waals surface area contributed by atoms with Crippen molar-refractivity contribution >= 4 is 12.1 Å². The highest BCUT2D eigenvalue weighted by atomic mass is 16.6. The Bertz CT molecular complexity index is 1260. The topological polar surface area (TPSA) is 189 Å². The van der Waals surface area contributed by atoms with Crippen molar-refractivity contribution in [2.24, 2.45) is 0 Å². The third kappa shape index (κ3) is 6.11. The number of alkyl carbamates (subject to hydrolysis) is 1. The van der Waals surface area contributed by atoms with E-state index in [1.54, 1.807) is 41.5 Å². The number of aromatic nitrogens is 5. The second-order valence-corrected chi connectivity index (χ2v) is 9.64. The third-order valence-electron chi connectivity index (χ3n) is 5.65. The highest BCUT2D eigenvalue weighted by molar-refractivity contribution is 5.85. The molecule has 1 amide bonds. The summed E-state index contributed by atoms with van der Waals surface area (Å²) in [5.41, 5.74) is -4.00. The molecule has 1 aliphatic heterocycles. The molecule has 0 radical (unpaired) electrons. The molecule has 3 rings (SSSR count). The van der Waals surface area contributed by atoms with Gasteiger partial charge in [-0.15, -0.1) is 5.10 Å². The first-order valence-electron chi connectivity index (χ1n) is 12.2. The predicted molar refractivity (Wildman–Crippen MR) is 130 cm³/mol. The van der Waals surface area contributed by atoms with E-state index in [2.05, 4.69) is 20.6 Å². The number of carbonyl (C=O) groups excluding carboxylic acids is 2. The van der Waals surface area contributed by atoms with Crippen LogP contribution in [0.15, 0.2) is 22.0 Å². The van der Waals surface area contributed by atoms with E-state index < -0.39 is 59.6 Å². The number of aryl methyl sites for hydroxylation is 1. The zero-order valence-electron chi connectivity index (χ0n) is 22.2. The van der Waals surface area contributed by atoms with Gasteiger partial charge in [0.25, 0.3) is 11.3 Å². The maximum Gasteiger partial charge on any atom is 0.410 e. The molecule has 3 N–H and O–H groups in total. The largest absolute Gasteiger partial charge is 0.462 e. The Hall–Kier alpha value is -3.56. The number of aromatic amines is 1. The molecular weight excluding hydrogens is 504 g/mol. The van der Waals surface area contributed by atoms with E-state index in [0.717, 1.165) is 0 Å². The van der Waals surface area contributed by atoms with Crippen LogP contribution in [0.2, 0.25) is 0 Å². The molecule has 4 atom stereocenters. The van der Waals surface area contributed by atoms with E-state index in [9.17, 15) is 24.3 Å². The number of esters is 1. The molecule has 38 heavy (non-hydrogen) atoms. The number of aliphatic hydroxyl groups excluding tert-OH is 1. The van der Waals surface area contributed by atoms with Gasteiger partial charge in [0.15, 0.2) is 0 Å². The van der Waals surface area contributed by atoms with Crippen molar-refractivity contribution in [3.05, 3.63) is 44.5 Å². The SMILES string of the molecule is CCOC(=O)C(NC(=O)OC(C)(C)C)(OCC)c1cn([C@H]2C[C@H](n3cc(C)c(=O)[nH]c3=O)O[C@@H]2CO)nn1. The van der Waals surface area contributed by atoms with Crippen LogP contribution in [-0.2, 0) is 29.5 Å². The maximum absolute atomic E-state index is 13.1. The number of ether oxygens (including phenoxy) is 4. The van der Waals surface area contributed by atoms with Gasteiger partial charge in [-0.3, -0.25) is 19.7 Å².